The quantitative estimate of drug-likeness (QED) is 0.458. The maximum absolute atomic E-state index is 14.3. The second-order valence-electron chi connectivity index (χ2n) is 8.34. The van der Waals surface area contributed by atoms with Crippen molar-refractivity contribution in [3.63, 3.8) is 0 Å². The maximum Gasteiger partial charge on any atom is 0.348 e. The molecule has 2 N–H and O–H groups in total. The zero-order chi connectivity index (χ0) is 24.6. The zero-order valence-corrected chi connectivity index (χ0v) is 20.0. The van der Waals surface area contributed by atoms with Gasteiger partial charge in [-0.1, -0.05) is 29.9 Å². The van der Waals surface area contributed by atoms with Crippen LogP contribution in [-0.4, -0.2) is 44.9 Å². The SMILES string of the molecule is Cc1[nH]c(C(=O)C[C@@H]2CCN(c3nc(-c4ncccc4F)c(C(=O)O)s3)C[C@@H]2C)c(C#N)c1Cl. The van der Waals surface area contributed by atoms with E-state index in [0.29, 0.717) is 30.3 Å². The van der Waals surface area contributed by atoms with Crippen LogP contribution in [0.4, 0.5) is 9.52 Å². The molecule has 11 heteroatoms. The number of H-pyrrole nitrogens is 1. The summed E-state index contributed by atoms with van der Waals surface area (Å²) in [5.41, 5.74) is 0.922. The molecule has 3 aromatic rings. The fourth-order valence-electron chi connectivity index (χ4n) is 4.24. The summed E-state index contributed by atoms with van der Waals surface area (Å²) in [5.74, 6) is -1.81. The van der Waals surface area contributed by atoms with Crippen LogP contribution < -0.4 is 4.90 Å². The van der Waals surface area contributed by atoms with E-state index >= 15 is 0 Å². The number of aromatic amines is 1. The molecule has 3 aromatic heterocycles. The molecular weight excluding hydrogens is 481 g/mol. The van der Waals surface area contributed by atoms with Gasteiger partial charge in [-0.15, -0.1) is 0 Å². The maximum atomic E-state index is 14.3. The van der Waals surface area contributed by atoms with Crippen molar-refractivity contribution in [2.24, 2.45) is 11.8 Å². The minimum atomic E-state index is -1.19. The van der Waals surface area contributed by atoms with Crippen LogP contribution in [0.15, 0.2) is 18.3 Å². The molecule has 0 unspecified atom stereocenters. The Morgan fingerprint density at radius 1 is 1.44 bits per heavy atom. The van der Waals surface area contributed by atoms with Crippen molar-refractivity contribution in [2.75, 3.05) is 18.0 Å². The lowest BCUT2D eigenvalue weighted by molar-refractivity contribution is 0.0702. The first-order valence-electron chi connectivity index (χ1n) is 10.6. The van der Waals surface area contributed by atoms with Gasteiger partial charge in [-0.2, -0.15) is 5.26 Å². The van der Waals surface area contributed by atoms with Gasteiger partial charge in [-0.05, 0) is 37.3 Å². The summed E-state index contributed by atoms with van der Waals surface area (Å²) in [6.07, 6.45) is 2.34. The van der Waals surface area contributed by atoms with Crippen LogP contribution in [0, 0.1) is 35.9 Å². The second kappa shape index (κ2) is 9.52. The summed E-state index contributed by atoms with van der Waals surface area (Å²) in [6.45, 7) is 4.86. The van der Waals surface area contributed by atoms with Gasteiger partial charge >= 0.3 is 5.97 Å². The highest BCUT2D eigenvalue weighted by atomic mass is 35.5. The third-order valence-electron chi connectivity index (χ3n) is 6.10. The molecule has 0 radical (unpaired) electrons. The number of piperidine rings is 1. The molecule has 1 saturated heterocycles. The van der Waals surface area contributed by atoms with Crippen molar-refractivity contribution in [1.29, 1.82) is 5.26 Å². The number of aryl methyl sites for hydroxylation is 1. The largest absolute Gasteiger partial charge is 0.477 e. The number of nitrogens with zero attached hydrogens (tertiary/aromatic N) is 4. The van der Waals surface area contributed by atoms with Crippen LogP contribution in [0.3, 0.4) is 0 Å². The number of nitrogens with one attached hydrogen (secondary N) is 1. The molecule has 176 valence electrons. The molecule has 4 rings (SSSR count). The standard InChI is InChI=1S/C23H21ClFN5O3S/c1-11-10-30(7-5-13(11)8-16(31)18-14(9-26)17(24)12(2)28-18)23-29-20(21(34-23)22(32)33)19-15(25)4-3-6-27-19/h3-4,6,11,13,28H,5,7-8,10H2,1-2H3,(H,32,33)/t11-,13-/m0/s1. The molecule has 1 fully saturated rings. The van der Waals surface area contributed by atoms with Crippen LogP contribution in [0.25, 0.3) is 11.4 Å². The normalized spacial score (nSPS) is 18.0. The van der Waals surface area contributed by atoms with Gasteiger partial charge in [0.25, 0.3) is 0 Å². The molecule has 0 spiro atoms. The first-order valence-corrected chi connectivity index (χ1v) is 11.8. The lowest BCUT2D eigenvalue weighted by atomic mass is 9.83. The number of ketones is 1. The van der Waals surface area contributed by atoms with Crippen molar-refractivity contribution >= 4 is 39.8 Å². The Bertz CT molecular complexity index is 1310. The molecule has 34 heavy (non-hydrogen) atoms. The number of carboxylic acids is 1. The Kier molecular flexibility index (Phi) is 6.68. The van der Waals surface area contributed by atoms with Gasteiger partial charge in [0, 0.05) is 31.4 Å². The summed E-state index contributed by atoms with van der Waals surface area (Å²) in [4.78, 5) is 37.9. The number of hydrogen-bond acceptors (Lipinski definition) is 7. The van der Waals surface area contributed by atoms with Crippen LogP contribution >= 0.6 is 22.9 Å². The topological polar surface area (TPSA) is 123 Å². The van der Waals surface area contributed by atoms with Gasteiger partial charge in [0.1, 0.15) is 28.0 Å². The molecule has 4 heterocycles. The van der Waals surface area contributed by atoms with Crippen LogP contribution in [-0.2, 0) is 0 Å². The lowest BCUT2D eigenvalue weighted by Gasteiger charge is -2.36. The van der Waals surface area contributed by atoms with Crippen molar-refractivity contribution < 1.29 is 19.1 Å². The highest BCUT2D eigenvalue weighted by Crippen LogP contribution is 2.37. The molecule has 0 amide bonds. The molecule has 2 atom stereocenters. The van der Waals surface area contributed by atoms with E-state index in [1.54, 1.807) is 6.92 Å². The van der Waals surface area contributed by atoms with E-state index in [4.69, 9.17) is 11.6 Å². The van der Waals surface area contributed by atoms with E-state index in [1.165, 1.54) is 18.3 Å². The lowest BCUT2D eigenvalue weighted by Crippen LogP contribution is -2.40. The van der Waals surface area contributed by atoms with Gasteiger partial charge in [0.15, 0.2) is 16.7 Å². The van der Waals surface area contributed by atoms with E-state index in [-0.39, 0.29) is 56.6 Å². The second-order valence-corrected chi connectivity index (χ2v) is 9.69. The number of Topliss-reactive ketones (excluding diaryl/α,β-unsaturated/α-hetero) is 1. The summed E-state index contributed by atoms with van der Waals surface area (Å²) in [6, 6.07) is 4.65. The number of aromatic nitrogens is 3. The number of anilines is 1. The van der Waals surface area contributed by atoms with Crippen LogP contribution in [0.5, 0.6) is 0 Å². The van der Waals surface area contributed by atoms with E-state index in [1.807, 2.05) is 17.9 Å². The molecule has 0 aromatic carbocycles. The van der Waals surface area contributed by atoms with Crippen LogP contribution in [0.2, 0.25) is 5.02 Å². The Balaban J connectivity index is 1.51. The molecule has 1 aliphatic heterocycles. The molecule has 0 saturated carbocycles. The molecule has 0 bridgehead atoms. The van der Waals surface area contributed by atoms with Gasteiger partial charge < -0.3 is 15.0 Å². The molecular formula is C23H21ClFN5O3S. The number of carbonyl (C=O) groups excluding carboxylic acids is 1. The predicted molar refractivity (Wildman–Crippen MR) is 126 cm³/mol. The Labute approximate surface area is 204 Å². The smallest absolute Gasteiger partial charge is 0.348 e. The first kappa shape index (κ1) is 23.9. The minimum absolute atomic E-state index is 0.0126. The number of nitriles is 1. The van der Waals surface area contributed by atoms with Crippen molar-refractivity contribution in [2.45, 2.75) is 26.7 Å². The van der Waals surface area contributed by atoms with E-state index in [0.717, 1.165) is 11.3 Å². The Hall–Kier alpha value is -3.29. The zero-order valence-electron chi connectivity index (χ0n) is 18.4. The summed E-state index contributed by atoms with van der Waals surface area (Å²) in [5, 5.41) is 19.7. The van der Waals surface area contributed by atoms with E-state index in [2.05, 4.69) is 15.0 Å². The monoisotopic (exact) mass is 501 g/mol. The summed E-state index contributed by atoms with van der Waals surface area (Å²) < 4.78 is 14.3. The highest BCUT2D eigenvalue weighted by molar-refractivity contribution is 7.17. The molecule has 1 aliphatic rings. The average Bonchev–Trinajstić information content (AvgIpc) is 3.37. The van der Waals surface area contributed by atoms with Crippen molar-refractivity contribution in [3.8, 4) is 17.5 Å². The van der Waals surface area contributed by atoms with Crippen LogP contribution in [0.1, 0.15) is 51.2 Å². The highest BCUT2D eigenvalue weighted by Gasteiger charge is 2.32. The number of hydrogen-bond donors (Lipinski definition) is 2. The summed E-state index contributed by atoms with van der Waals surface area (Å²) in [7, 11) is 0. The van der Waals surface area contributed by atoms with E-state index in [9.17, 15) is 24.3 Å². The summed E-state index contributed by atoms with van der Waals surface area (Å²) >= 11 is 7.11. The average molecular weight is 502 g/mol. The van der Waals surface area contributed by atoms with Crippen molar-refractivity contribution in [1.82, 2.24) is 15.0 Å². The van der Waals surface area contributed by atoms with Gasteiger partial charge in [-0.25, -0.2) is 14.2 Å². The van der Waals surface area contributed by atoms with Gasteiger partial charge in [0.05, 0.1) is 10.6 Å². The number of pyridine rings is 1. The number of carbonyl (C=O) groups is 2. The number of halogens is 2. The van der Waals surface area contributed by atoms with Crippen molar-refractivity contribution in [3.05, 3.63) is 51.0 Å². The molecule has 0 aliphatic carbocycles. The first-order chi connectivity index (χ1) is 16.2. The van der Waals surface area contributed by atoms with Gasteiger partial charge in [0.2, 0.25) is 0 Å². The fourth-order valence-corrected chi connectivity index (χ4v) is 5.36. The molecule has 8 nitrogen and oxygen atoms in total. The fraction of sp³-hybridized carbons (Fsp3) is 0.348. The third-order valence-corrected chi connectivity index (χ3v) is 7.67. The Morgan fingerprint density at radius 3 is 2.85 bits per heavy atom. The van der Waals surface area contributed by atoms with E-state index < -0.39 is 11.8 Å². The Morgan fingerprint density at radius 2 is 2.21 bits per heavy atom. The number of aromatic carboxylic acids is 1. The third kappa shape index (κ3) is 4.41. The minimum Gasteiger partial charge on any atom is -0.477 e. The van der Waals surface area contributed by atoms with Gasteiger partial charge in [-0.3, -0.25) is 9.78 Å². The number of rotatable bonds is 6. The predicted octanol–water partition coefficient (Wildman–Crippen LogP) is 4.94. The number of carboxylic acid groups (broad SMARTS) is 1. The number of thiazole rings is 1.